The van der Waals surface area contributed by atoms with Crippen molar-refractivity contribution < 1.29 is 23.2 Å². The van der Waals surface area contributed by atoms with E-state index in [9.17, 15) is 18.4 Å². The van der Waals surface area contributed by atoms with Crippen LogP contribution in [0.5, 0.6) is 0 Å². The third kappa shape index (κ3) is 5.50. The number of allylic oxidation sites excluding steroid dienone is 1. The molecule has 0 bridgehead atoms. The van der Waals surface area contributed by atoms with Crippen LogP contribution in [0.3, 0.4) is 0 Å². The van der Waals surface area contributed by atoms with E-state index in [2.05, 4.69) is 9.99 Å². The second kappa shape index (κ2) is 8.70. The van der Waals surface area contributed by atoms with Crippen molar-refractivity contribution in [2.45, 2.75) is 0 Å². The summed E-state index contributed by atoms with van der Waals surface area (Å²) in [6, 6.07) is 11.9. The molecule has 0 spiro atoms. The van der Waals surface area contributed by atoms with Gasteiger partial charge >= 0.3 is 6.09 Å². The lowest BCUT2D eigenvalue weighted by Crippen LogP contribution is -2.31. The third-order valence-corrected chi connectivity index (χ3v) is 3.03. The maximum Gasteiger partial charge on any atom is 0.440 e. The molecule has 0 heterocycles. The first kappa shape index (κ1) is 18.3. The molecule has 2 aromatic carbocycles. The van der Waals surface area contributed by atoms with Gasteiger partial charge in [-0.25, -0.2) is 13.6 Å². The van der Waals surface area contributed by atoms with E-state index < -0.39 is 29.2 Å². The molecule has 0 aliphatic rings. The molecule has 128 valence electrons. The first-order valence-corrected chi connectivity index (χ1v) is 7.27. The Morgan fingerprint density at radius 3 is 2.32 bits per heavy atom. The smallest absolute Gasteiger partial charge is 0.298 e. The van der Waals surface area contributed by atoms with Crippen molar-refractivity contribution in [1.82, 2.24) is 5.32 Å². The highest BCUT2D eigenvalue weighted by molar-refractivity contribution is 6.41. The molecule has 2 rings (SSSR count). The quantitative estimate of drug-likeness (QED) is 0.504. The molecule has 0 fully saturated rings. The molecule has 0 atom stereocenters. The number of oxime groups is 1. The van der Waals surface area contributed by atoms with Gasteiger partial charge in [0.05, 0.1) is 11.2 Å². The minimum Gasteiger partial charge on any atom is -0.298 e. The number of halogens is 3. The number of benzene rings is 2. The Labute approximate surface area is 146 Å². The molecule has 1 N–H and O–H groups in total. The van der Waals surface area contributed by atoms with Crippen molar-refractivity contribution in [1.29, 1.82) is 0 Å². The van der Waals surface area contributed by atoms with E-state index in [0.717, 1.165) is 30.0 Å². The van der Waals surface area contributed by atoms with Gasteiger partial charge in [-0.2, -0.15) is 0 Å². The number of imide groups is 1. The number of hydrogen-bond donors (Lipinski definition) is 1. The van der Waals surface area contributed by atoms with Gasteiger partial charge in [0.25, 0.3) is 5.91 Å². The summed E-state index contributed by atoms with van der Waals surface area (Å²) in [4.78, 5) is 27.4. The second-order valence-electron chi connectivity index (χ2n) is 4.60. The van der Waals surface area contributed by atoms with Crippen molar-refractivity contribution in [2.75, 3.05) is 0 Å². The highest BCUT2D eigenvalue weighted by Gasteiger charge is 2.19. The molecule has 0 aromatic heterocycles. The molecule has 0 unspecified atom stereocenters. The van der Waals surface area contributed by atoms with Crippen LogP contribution in [0.25, 0.3) is 6.08 Å². The van der Waals surface area contributed by atoms with Crippen LogP contribution in [0.2, 0.25) is 0 Å². The van der Waals surface area contributed by atoms with Crippen LogP contribution >= 0.6 is 11.6 Å². The van der Waals surface area contributed by atoms with Gasteiger partial charge in [-0.1, -0.05) is 53.2 Å². The molecule has 2 aromatic rings. The highest BCUT2D eigenvalue weighted by atomic mass is 35.5. The average Bonchev–Trinajstić information content (AvgIpc) is 2.55. The molecule has 0 aliphatic heterocycles. The molecular weight excluding hydrogens is 354 g/mol. The Hall–Kier alpha value is -3.06. The van der Waals surface area contributed by atoms with Crippen LogP contribution in [0.4, 0.5) is 13.6 Å². The molecular formula is C17H11ClF2N2O3. The van der Waals surface area contributed by atoms with Gasteiger partial charge in [-0.3, -0.25) is 14.9 Å². The zero-order chi connectivity index (χ0) is 18.2. The number of carbonyl (C=O) groups is 2. The third-order valence-electron chi connectivity index (χ3n) is 2.82. The maximum absolute atomic E-state index is 13.4. The van der Waals surface area contributed by atoms with Gasteiger partial charge in [0.2, 0.25) is 0 Å². The van der Waals surface area contributed by atoms with Crippen LogP contribution < -0.4 is 5.32 Å². The number of hydrogen-bond acceptors (Lipinski definition) is 4. The van der Waals surface area contributed by atoms with Gasteiger partial charge in [-0.15, -0.1) is 0 Å². The van der Waals surface area contributed by atoms with E-state index >= 15 is 0 Å². The SMILES string of the molecule is O=C(NC(=O)c1c(F)cccc1F)O/N=C\C(Cl)=C\c1ccccc1. The number of rotatable bonds is 4. The topological polar surface area (TPSA) is 67.8 Å². The van der Waals surface area contributed by atoms with E-state index in [1.54, 1.807) is 23.5 Å². The zero-order valence-electron chi connectivity index (χ0n) is 12.6. The Kier molecular flexibility index (Phi) is 6.36. The summed E-state index contributed by atoms with van der Waals surface area (Å²) >= 11 is 5.88. The zero-order valence-corrected chi connectivity index (χ0v) is 13.3. The predicted molar refractivity (Wildman–Crippen MR) is 89.1 cm³/mol. The molecule has 0 aliphatic carbocycles. The fraction of sp³-hybridized carbons (Fsp3) is 0. The summed E-state index contributed by atoms with van der Waals surface area (Å²) in [5.41, 5.74) is -0.0981. The standard InChI is InChI=1S/C17H11ClF2N2O3/c18-12(9-11-5-2-1-3-6-11)10-21-25-17(24)22-16(23)15-13(19)7-4-8-14(15)20/h1-10H,(H,22,23,24)/b12-9-,21-10-. The maximum atomic E-state index is 13.4. The summed E-state index contributed by atoms with van der Waals surface area (Å²) in [5, 5.41) is 5.08. The van der Waals surface area contributed by atoms with Crippen LogP contribution in [0, 0.1) is 11.6 Å². The normalized spacial score (nSPS) is 11.4. The number of carbonyl (C=O) groups excluding carboxylic acids is 2. The summed E-state index contributed by atoms with van der Waals surface area (Å²) in [7, 11) is 0. The first-order valence-electron chi connectivity index (χ1n) is 6.89. The molecule has 0 radical (unpaired) electrons. The van der Waals surface area contributed by atoms with E-state index in [1.165, 1.54) is 0 Å². The number of amides is 2. The van der Waals surface area contributed by atoms with Crippen LogP contribution in [-0.4, -0.2) is 18.2 Å². The van der Waals surface area contributed by atoms with Gasteiger partial charge < -0.3 is 0 Å². The Morgan fingerprint density at radius 2 is 1.68 bits per heavy atom. The van der Waals surface area contributed by atoms with Gasteiger partial charge in [-0.05, 0) is 23.8 Å². The summed E-state index contributed by atoms with van der Waals surface area (Å²) < 4.78 is 26.8. The van der Waals surface area contributed by atoms with E-state index in [1.807, 2.05) is 18.2 Å². The summed E-state index contributed by atoms with van der Waals surface area (Å²) in [5.74, 6) is -3.51. The van der Waals surface area contributed by atoms with Crippen LogP contribution in [-0.2, 0) is 4.84 Å². The highest BCUT2D eigenvalue weighted by Crippen LogP contribution is 2.12. The van der Waals surface area contributed by atoms with E-state index in [-0.39, 0.29) is 5.03 Å². The molecule has 8 heteroatoms. The van der Waals surface area contributed by atoms with Crippen LogP contribution in [0.1, 0.15) is 15.9 Å². The molecule has 0 saturated carbocycles. The molecule has 25 heavy (non-hydrogen) atoms. The minimum absolute atomic E-state index is 0.158. The van der Waals surface area contributed by atoms with E-state index in [4.69, 9.17) is 11.6 Å². The molecule has 5 nitrogen and oxygen atoms in total. The van der Waals surface area contributed by atoms with E-state index in [0.29, 0.717) is 0 Å². The van der Waals surface area contributed by atoms with Crippen molar-refractivity contribution in [3.8, 4) is 0 Å². The number of nitrogens with zero attached hydrogens (tertiary/aromatic N) is 1. The van der Waals surface area contributed by atoms with Gasteiger partial charge in [0, 0.05) is 0 Å². The average molecular weight is 365 g/mol. The summed E-state index contributed by atoms with van der Waals surface area (Å²) in [6.45, 7) is 0. The monoisotopic (exact) mass is 364 g/mol. The Bertz CT molecular complexity index is 819. The lowest BCUT2D eigenvalue weighted by atomic mass is 10.2. The predicted octanol–water partition coefficient (Wildman–Crippen LogP) is 4.10. The van der Waals surface area contributed by atoms with Crippen molar-refractivity contribution >= 4 is 35.9 Å². The lowest BCUT2D eigenvalue weighted by molar-refractivity contribution is 0.0915. The summed E-state index contributed by atoms with van der Waals surface area (Å²) in [6.07, 6.45) is 1.28. The van der Waals surface area contributed by atoms with Crippen molar-refractivity contribution in [3.63, 3.8) is 0 Å². The lowest BCUT2D eigenvalue weighted by Gasteiger charge is -2.04. The van der Waals surface area contributed by atoms with Crippen molar-refractivity contribution in [3.05, 3.63) is 76.3 Å². The fourth-order valence-electron chi connectivity index (χ4n) is 1.76. The van der Waals surface area contributed by atoms with Gasteiger partial charge in [0.15, 0.2) is 0 Å². The Balaban J connectivity index is 1.92. The Morgan fingerprint density at radius 1 is 1.04 bits per heavy atom. The molecule has 2 amide bonds. The largest absolute Gasteiger partial charge is 0.440 e. The van der Waals surface area contributed by atoms with Gasteiger partial charge in [0.1, 0.15) is 17.2 Å². The number of nitrogens with one attached hydrogen (secondary N) is 1. The molecule has 0 saturated heterocycles. The fourth-order valence-corrected chi connectivity index (χ4v) is 1.93. The van der Waals surface area contributed by atoms with Crippen molar-refractivity contribution in [2.24, 2.45) is 5.16 Å². The minimum atomic E-state index is -1.31. The second-order valence-corrected chi connectivity index (χ2v) is 5.04. The first-order chi connectivity index (χ1) is 12.0. The van der Waals surface area contributed by atoms with Crippen LogP contribution in [0.15, 0.2) is 58.7 Å².